The number of aliphatic carboxylic acids is 1. The molecule has 0 aliphatic heterocycles. The van der Waals surface area contributed by atoms with Crippen LogP contribution >= 0.6 is 38.9 Å². The second-order valence-corrected chi connectivity index (χ2v) is 7.22. The minimum absolute atomic E-state index is 0.330. The van der Waals surface area contributed by atoms with E-state index in [9.17, 15) is 4.79 Å². The van der Waals surface area contributed by atoms with E-state index in [1.807, 2.05) is 19.9 Å². The van der Waals surface area contributed by atoms with E-state index in [2.05, 4.69) is 21.2 Å². The molecule has 0 bridgehead atoms. The molecule has 1 atom stereocenters. The van der Waals surface area contributed by atoms with Crippen molar-refractivity contribution in [3.63, 3.8) is 0 Å². The molecule has 3 nitrogen and oxygen atoms in total. The van der Waals surface area contributed by atoms with Gasteiger partial charge < -0.3 is 10.4 Å². The Morgan fingerprint density at radius 2 is 2.28 bits per heavy atom. The minimum Gasteiger partial charge on any atom is -0.481 e. The zero-order valence-electron chi connectivity index (χ0n) is 10.4. The average molecular weight is 355 g/mol. The van der Waals surface area contributed by atoms with Crippen LogP contribution in [0.15, 0.2) is 10.5 Å². The van der Waals surface area contributed by atoms with Crippen molar-refractivity contribution in [3.05, 3.63) is 19.8 Å². The van der Waals surface area contributed by atoms with E-state index in [-0.39, 0.29) is 5.92 Å². The van der Waals surface area contributed by atoms with E-state index in [0.29, 0.717) is 25.4 Å². The zero-order chi connectivity index (χ0) is 13.7. The highest BCUT2D eigenvalue weighted by atomic mass is 79.9. The van der Waals surface area contributed by atoms with Gasteiger partial charge in [0.05, 0.1) is 5.92 Å². The van der Waals surface area contributed by atoms with E-state index < -0.39 is 5.97 Å². The molecule has 0 radical (unpaired) electrons. The number of rotatable bonds is 7. The number of thiophene rings is 1. The van der Waals surface area contributed by atoms with Gasteiger partial charge in [0.1, 0.15) is 4.34 Å². The van der Waals surface area contributed by atoms with Gasteiger partial charge in [-0.15, -0.1) is 11.3 Å². The molecule has 1 unspecified atom stereocenters. The molecular formula is C12H17BrClNO2S. The van der Waals surface area contributed by atoms with Crippen LogP contribution in [0.4, 0.5) is 0 Å². The summed E-state index contributed by atoms with van der Waals surface area (Å²) < 4.78 is 1.62. The van der Waals surface area contributed by atoms with E-state index in [1.54, 1.807) is 0 Å². The third-order valence-electron chi connectivity index (χ3n) is 2.49. The molecule has 18 heavy (non-hydrogen) atoms. The Morgan fingerprint density at radius 3 is 2.72 bits per heavy atom. The first-order valence-electron chi connectivity index (χ1n) is 5.77. The molecule has 0 fully saturated rings. The van der Waals surface area contributed by atoms with Gasteiger partial charge in [-0.1, -0.05) is 25.4 Å². The minimum atomic E-state index is -0.735. The van der Waals surface area contributed by atoms with Gasteiger partial charge in [0.15, 0.2) is 0 Å². The fraction of sp³-hybridized carbons (Fsp3) is 0.583. The fourth-order valence-electron chi connectivity index (χ4n) is 1.69. The van der Waals surface area contributed by atoms with Crippen molar-refractivity contribution in [2.45, 2.75) is 26.8 Å². The first kappa shape index (κ1) is 16.0. The van der Waals surface area contributed by atoms with E-state index in [0.717, 1.165) is 13.7 Å². The monoisotopic (exact) mass is 353 g/mol. The lowest BCUT2D eigenvalue weighted by atomic mass is 9.97. The van der Waals surface area contributed by atoms with Crippen LogP contribution in [0.5, 0.6) is 0 Å². The third-order valence-corrected chi connectivity index (χ3v) is 4.97. The summed E-state index contributed by atoms with van der Waals surface area (Å²) in [4.78, 5) is 12.2. The Balaban J connectivity index is 2.41. The first-order valence-corrected chi connectivity index (χ1v) is 7.76. The Morgan fingerprint density at radius 1 is 1.61 bits per heavy atom. The lowest BCUT2D eigenvalue weighted by Gasteiger charge is -2.14. The SMILES string of the molecule is CC(C)CC(CNCc1cc(Br)c(Cl)s1)C(=O)O. The van der Waals surface area contributed by atoms with Gasteiger partial charge >= 0.3 is 5.97 Å². The molecule has 0 spiro atoms. The highest BCUT2D eigenvalue weighted by molar-refractivity contribution is 9.10. The molecule has 0 aliphatic rings. The van der Waals surface area contributed by atoms with Crippen LogP contribution in [0.25, 0.3) is 0 Å². The summed E-state index contributed by atoms with van der Waals surface area (Å²) in [5, 5.41) is 12.3. The van der Waals surface area contributed by atoms with E-state index in [4.69, 9.17) is 16.7 Å². The van der Waals surface area contributed by atoms with Crippen LogP contribution in [0, 0.1) is 11.8 Å². The number of halogens is 2. The van der Waals surface area contributed by atoms with Gasteiger partial charge in [0.25, 0.3) is 0 Å². The maximum absolute atomic E-state index is 11.1. The molecule has 0 saturated heterocycles. The van der Waals surface area contributed by atoms with Crippen LogP contribution < -0.4 is 5.32 Å². The highest BCUT2D eigenvalue weighted by Gasteiger charge is 2.18. The maximum Gasteiger partial charge on any atom is 0.307 e. The summed E-state index contributed by atoms with van der Waals surface area (Å²) in [6, 6.07) is 1.96. The summed E-state index contributed by atoms with van der Waals surface area (Å²) >= 11 is 10.8. The van der Waals surface area contributed by atoms with Crippen molar-refractivity contribution in [1.29, 1.82) is 0 Å². The van der Waals surface area contributed by atoms with Crippen molar-refractivity contribution in [2.24, 2.45) is 11.8 Å². The van der Waals surface area contributed by atoms with Crippen molar-refractivity contribution in [3.8, 4) is 0 Å². The summed E-state index contributed by atoms with van der Waals surface area (Å²) in [6.07, 6.45) is 0.692. The molecule has 6 heteroatoms. The number of carbonyl (C=O) groups is 1. The molecule has 0 aromatic carbocycles. The summed E-state index contributed by atoms with van der Waals surface area (Å²) in [6.45, 7) is 5.21. The van der Waals surface area contributed by atoms with Crippen LogP contribution in [0.2, 0.25) is 4.34 Å². The summed E-state index contributed by atoms with van der Waals surface area (Å²) in [7, 11) is 0. The molecule has 0 amide bonds. The molecule has 1 rings (SSSR count). The smallest absolute Gasteiger partial charge is 0.307 e. The van der Waals surface area contributed by atoms with Gasteiger partial charge in [-0.3, -0.25) is 4.79 Å². The molecule has 102 valence electrons. The quantitative estimate of drug-likeness (QED) is 0.778. The van der Waals surface area contributed by atoms with Crippen molar-refractivity contribution < 1.29 is 9.90 Å². The second kappa shape index (κ2) is 7.48. The first-order chi connectivity index (χ1) is 8.40. The van der Waals surface area contributed by atoms with Gasteiger partial charge in [0.2, 0.25) is 0 Å². The number of nitrogens with one attached hydrogen (secondary N) is 1. The van der Waals surface area contributed by atoms with Crippen LogP contribution in [-0.4, -0.2) is 17.6 Å². The third kappa shape index (κ3) is 5.26. The van der Waals surface area contributed by atoms with Crippen molar-refractivity contribution >= 4 is 44.8 Å². The predicted octanol–water partition coefficient (Wildman–Crippen LogP) is 4.00. The highest BCUT2D eigenvalue weighted by Crippen LogP contribution is 2.31. The Labute approximate surface area is 125 Å². The van der Waals surface area contributed by atoms with Crippen LogP contribution in [0.1, 0.15) is 25.1 Å². The number of carboxylic acid groups (broad SMARTS) is 1. The van der Waals surface area contributed by atoms with Gasteiger partial charge in [-0.25, -0.2) is 0 Å². The maximum atomic E-state index is 11.1. The number of hydrogen-bond donors (Lipinski definition) is 2. The van der Waals surface area contributed by atoms with Crippen molar-refractivity contribution in [2.75, 3.05) is 6.54 Å². The predicted molar refractivity (Wildman–Crippen MR) is 79.3 cm³/mol. The molecular weight excluding hydrogens is 338 g/mol. The Kier molecular flexibility index (Phi) is 6.63. The lowest BCUT2D eigenvalue weighted by molar-refractivity contribution is -0.142. The molecule has 0 aliphatic carbocycles. The van der Waals surface area contributed by atoms with Crippen LogP contribution in [0.3, 0.4) is 0 Å². The molecule has 1 heterocycles. The molecule has 2 N–H and O–H groups in total. The largest absolute Gasteiger partial charge is 0.481 e. The average Bonchev–Trinajstić information content (AvgIpc) is 2.56. The molecule has 1 aromatic heterocycles. The summed E-state index contributed by atoms with van der Waals surface area (Å²) in [5.74, 6) is -0.677. The Hall–Kier alpha value is -0.100. The van der Waals surface area contributed by atoms with Crippen LogP contribution in [-0.2, 0) is 11.3 Å². The number of carboxylic acids is 1. The lowest BCUT2D eigenvalue weighted by Crippen LogP contribution is -2.29. The Bertz CT molecular complexity index is 389. The van der Waals surface area contributed by atoms with E-state index in [1.165, 1.54) is 11.3 Å². The van der Waals surface area contributed by atoms with Gasteiger partial charge in [-0.05, 0) is 34.3 Å². The second-order valence-electron chi connectivity index (χ2n) is 4.63. The van der Waals surface area contributed by atoms with Crippen molar-refractivity contribution in [1.82, 2.24) is 5.32 Å². The molecule has 0 saturated carbocycles. The normalized spacial score (nSPS) is 12.9. The standard InChI is InChI=1S/C12H17BrClNO2S/c1-7(2)3-8(12(16)17)5-15-6-9-4-10(13)11(14)18-9/h4,7-8,15H,3,5-6H2,1-2H3,(H,16,17). The topological polar surface area (TPSA) is 49.3 Å². The zero-order valence-corrected chi connectivity index (χ0v) is 13.5. The summed E-state index contributed by atoms with van der Waals surface area (Å²) in [5.41, 5.74) is 0. The van der Waals surface area contributed by atoms with E-state index >= 15 is 0 Å². The number of hydrogen-bond acceptors (Lipinski definition) is 3. The van der Waals surface area contributed by atoms with Gasteiger partial charge in [-0.2, -0.15) is 0 Å². The van der Waals surface area contributed by atoms with Gasteiger partial charge in [0, 0.05) is 22.4 Å². The molecule has 1 aromatic rings. The fourth-order valence-corrected chi connectivity index (χ4v) is 3.45.